The van der Waals surface area contributed by atoms with E-state index in [4.69, 9.17) is 4.74 Å². The standard InChI is InChI=1S/C14H16O5S/c15-13(16)14(10-5-8-20(17,18)9-10)6-7-19-12-4-2-1-3-11(12)14/h1-4,10H,5-9H2,(H,15,16). The van der Waals surface area contributed by atoms with E-state index in [1.54, 1.807) is 24.3 Å². The molecule has 0 saturated carbocycles. The Hall–Kier alpha value is -1.56. The molecule has 108 valence electrons. The summed E-state index contributed by atoms with van der Waals surface area (Å²) in [5.41, 5.74) is -0.529. The molecule has 2 heterocycles. The lowest BCUT2D eigenvalue weighted by molar-refractivity contribution is -0.147. The van der Waals surface area contributed by atoms with Gasteiger partial charge >= 0.3 is 5.97 Å². The number of carboxylic acids is 1. The fourth-order valence-corrected chi connectivity index (χ4v) is 5.30. The van der Waals surface area contributed by atoms with Crippen molar-refractivity contribution < 1.29 is 23.1 Å². The van der Waals surface area contributed by atoms with Crippen molar-refractivity contribution in [3.63, 3.8) is 0 Å². The predicted octanol–water partition coefficient (Wildman–Crippen LogP) is 1.23. The molecule has 0 aliphatic carbocycles. The number of carboxylic acid groups (broad SMARTS) is 1. The lowest BCUT2D eigenvalue weighted by atomic mass is 9.66. The first kappa shape index (κ1) is 13.4. The molecule has 3 rings (SSSR count). The van der Waals surface area contributed by atoms with Crippen LogP contribution in [0, 0.1) is 5.92 Å². The first-order valence-electron chi connectivity index (χ1n) is 6.62. The maximum atomic E-state index is 12.0. The lowest BCUT2D eigenvalue weighted by Gasteiger charge is -2.39. The van der Waals surface area contributed by atoms with E-state index in [1.165, 1.54) is 0 Å². The number of benzene rings is 1. The molecule has 1 aromatic carbocycles. The van der Waals surface area contributed by atoms with E-state index in [9.17, 15) is 18.3 Å². The van der Waals surface area contributed by atoms with Gasteiger partial charge in [-0.15, -0.1) is 0 Å². The van der Waals surface area contributed by atoms with Crippen LogP contribution in [0.25, 0.3) is 0 Å². The van der Waals surface area contributed by atoms with Crippen LogP contribution in [-0.4, -0.2) is 37.6 Å². The zero-order valence-corrected chi connectivity index (χ0v) is 11.7. The van der Waals surface area contributed by atoms with Crippen LogP contribution in [0.3, 0.4) is 0 Å². The summed E-state index contributed by atoms with van der Waals surface area (Å²) >= 11 is 0. The van der Waals surface area contributed by atoms with Gasteiger partial charge in [-0.25, -0.2) is 8.42 Å². The second-order valence-corrected chi connectivity index (χ2v) is 7.70. The molecule has 0 bridgehead atoms. The summed E-state index contributed by atoms with van der Waals surface area (Å²) in [7, 11) is -3.12. The summed E-state index contributed by atoms with van der Waals surface area (Å²) in [4.78, 5) is 12.0. The average molecular weight is 296 g/mol. The number of ether oxygens (including phenoxy) is 1. The fourth-order valence-electron chi connectivity index (χ4n) is 3.42. The van der Waals surface area contributed by atoms with Crippen molar-refractivity contribution in [1.82, 2.24) is 0 Å². The quantitative estimate of drug-likeness (QED) is 0.887. The highest BCUT2D eigenvalue weighted by Crippen LogP contribution is 2.47. The van der Waals surface area contributed by atoms with Gasteiger partial charge in [0.25, 0.3) is 0 Å². The molecular weight excluding hydrogens is 280 g/mol. The molecule has 1 saturated heterocycles. The van der Waals surface area contributed by atoms with Crippen molar-refractivity contribution in [2.24, 2.45) is 5.92 Å². The molecule has 2 aliphatic heterocycles. The molecule has 20 heavy (non-hydrogen) atoms. The van der Waals surface area contributed by atoms with E-state index in [0.29, 0.717) is 30.8 Å². The summed E-state index contributed by atoms with van der Waals surface area (Å²) in [5, 5.41) is 9.82. The van der Waals surface area contributed by atoms with E-state index >= 15 is 0 Å². The Balaban J connectivity index is 2.13. The number of aliphatic carboxylic acids is 1. The second-order valence-electron chi connectivity index (χ2n) is 5.47. The molecule has 6 heteroatoms. The third kappa shape index (κ3) is 1.90. The molecule has 1 aromatic rings. The molecule has 0 aromatic heterocycles. The minimum atomic E-state index is -3.12. The van der Waals surface area contributed by atoms with Crippen molar-refractivity contribution in [3.8, 4) is 5.75 Å². The second kappa shape index (κ2) is 4.48. The Bertz CT molecular complexity index is 651. The summed E-state index contributed by atoms with van der Waals surface area (Å²) in [6.45, 7) is 0.305. The largest absolute Gasteiger partial charge is 0.493 e. The highest BCUT2D eigenvalue weighted by atomic mass is 32.2. The van der Waals surface area contributed by atoms with Gasteiger partial charge in [-0.2, -0.15) is 0 Å². The minimum absolute atomic E-state index is 0.0480. The Labute approximate surface area is 117 Å². The number of para-hydroxylation sites is 1. The molecule has 1 fully saturated rings. The third-order valence-electron chi connectivity index (χ3n) is 4.43. The molecule has 1 N–H and O–H groups in total. The normalized spacial score (nSPS) is 31.3. The number of hydrogen-bond donors (Lipinski definition) is 1. The van der Waals surface area contributed by atoms with Crippen molar-refractivity contribution in [1.29, 1.82) is 0 Å². The molecule has 0 spiro atoms. The van der Waals surface area contributed by atoms with Crippen molar-refractivity contribution in [2.75, 3.05) is 18.1 Å². The first-order valence-corrected chi connectivity index (χ1v) is 8.44. The van der Waals surface area contributed by atoms with Crippen LogP contribution in [0.1, 0.15) is 18.4 Å². The smallest absolute Gasteiger partial charge is 0.314 e. The third-order valence-corrected chi connectivity index (χ3v) is 6.20. The predicted molar refractivity (Wildman–Crippen MR) is 72.6 cm³/mol. The molecule has 2 atom stereocenters. The molecule has 0 amide bonds. The number of sulfone groups is 1. The Morgan fingerprint density at radius 3 is 2.75 bits per heavy atom. The van der Waals surface area contributed by atoms with Crippen molar-refractivity contribution >= 4 is 15.8 Å². The van der Waals surface area contributed by atoms with E-state index in [1.807, 2.05) is 0 Å². The maximum Gasteiger partial charge on any atom is 0.314 e. The topological polar surface area (TPSA) is 80.7 Å². The van der Waals surface area contributed by atoms with Gasteiger partial charge < -0.3 is 9.84 Å². The van der Waals surface area contributed by atoms with E-state index < -0.39 is 21.2 Å². The van der Waals surface area contributed by atoms with E-state index in [-0.39, 0.29) is 17.4 Å². The zero-order chi connectivity index (χ0) is 14.4. The summed E-state index contributed by atoms with van der Waals surface area (Å²) in [5.74, 6) is -0.737. The maximum absolute atomic E-state index is 12.0. The number of carbonyl (C=O) groups is 1. The van der Waals surface area contributed by atoms with Crippen LogP contribution < -0.4 is 4.74 Å². The molecule has 2 aliphatic rings. The van der Waals surface area contributed by atoms with E-state index in [0.717, 1.165) is 0 Å². The first-order chi connectivity index (χ1) is 9.46. The molecule has 0 radical (unpaired) electrons. The van der Waals surface area contributed by atoms with Crippen LogP contribution in [0.15, 0.2) is 24.3 Å². The molecule has 5 nitrogen and oxygen atoms in total. The lowest BCUT2D eigenvalue weighted by Crippen LogP contribution is -2.47. The van der Waals surface area contributed by atoms with E-state index in [2.05, 4.69) is 0 Å². The minimum Gasteiger partial charge on any atom is -0.493 e. The summed E-state index contributed by atoms with van der Waals surface area (Å²) in [6.07, 6.45) is 0.725. The monoisotopic (exact) mass is 296 g/mol. The number of rotatable bonds is 2. The summed E-state index contributed by atoms with van der Waals surface area (Å²) in [6, 6.07) is 7.06. The Morgan fingerprint density at radius 2 is 2.10 bits per heavy atom. The summed E-state index contributed by atoms with van der Waals surface area (Å²) < 4.78 is 29.0. The highest BCUT2D eigenvalue weighted by Gasteiger charge is 2.53. The van der Waals surface area contributed by atoms with Crippen molar-refractivity contribution in [2.45, 2.75) is 18.3 Å². The van der Waals surface area contributed by atoms with Gasteiger partial charge in [0.2, 0.25) is 0 Å². The van der Waals surface area contributed by atoms with Gasteiger partial charge in [-0.05, 0) is 18.4 Å². The Morgan fingerprint density at radius 1 is 1.35 bits per heavy atom. The number of fused-ring (bicyclic) bond motifs is 1. The van der Waals surface area contributed by atoms with Crippen LogP contribution >= 0.6 is 0 Å². The van der Waals surface area contributed by atoms with Gasteiger partial charge in [-0.3, -0.25) is 4.79 Å². The van der Waals surface area contributed by atoms with Crippen molar-refractivity contribution in [3.05, 3.63) is 29.8 Å². The molecular formula is C14H16O5S. The molecule has 2 unspecified atom stereocenters. The fraction of sp³-hybridized carbons (Fsp3) is 0.500. The Kier molecular flexibility index (Phi) is 3.01. The van der Waals surface area contributed by atoms with Crippen LogP contribution in [0.5, 0.6) is 5.75 Å². The van der Waals surface area contributed by atoms with Gasteiger partial charge in [0.05, 0.1) is 18.1 Å². The SMILES string of the molecule is O=C(O)C1(C2CCS(=O)(=O)C2)CCOc2ccccc21. The van der Waals surface area contributed by atoms with Gasteiger partial charge in [0, 0.05) is 12.0 Å². The van der Waals surface area contributed by atoms with Crippen LogP contribution in [0.4, 0.5) is 0 Å². The average Bonchev–Trinajstić information content (AvgIpc) is 2.78. The highest BCUT2D eigenvalue weighted by molar-refractivity contribution is 7.91. The van der Waals surface area contributed by atoms with Gasteiger partial charge in [0.15, 0.2) is 9.84 Å². The van der Waals surface area contributed by atoms with Crippen LogP contribution in [0.2, 0.25) is 0 Å². The van der Waals surface area contributed by atoms with Crippen LogP contribution in [-0.2, 0) is 20.0 Å². The van der Waals surface area contributed by atoms with Gasteiger partial charge in [0.1, 0.15) is 11.2 Å². The number of hydrogen-bond acceptors (Lipinski definition) is 4. The zero-order valence-electron chi connectivity index (χ0n) is 10.9. The van der Waals surface area contributed by atoms with Gasteiger partial charge in [-0.1, -0.05) is 18.2 Å².